The van der Waals surface area contributed by atoms with E-state index in [4.69, 9.17) is 4.74 Å². The van der Waals surface area contributed by atoms with Crippen LogP contribution in [0.3, 0.4) is 0 Å². The van der Waals surface area contributed by atoms with Gasteiger partial charge in [0.25, 0.3) is 11.5 Å². The monoisotopic (exact) mass is 445 g/mol. The first kappa shape index (κ1) is 20.5. The lowest BCUT2D eigenvalue weighted by Crippen LogP contribution is -2.27. The van der Waals surface area contributed by atoms with E-state index >= 15 is 0 Å². The fourth-order valence-corrected chi connectivity index (χ4v) is 5.07. The van der Waals surface area contributed by atoms with Crippen molar-refractivity contribution in [1.82, 2.24) is 14.5 Å². The van der Waals surface area contributed by atoms with E-state index in [0.717, 1.165) is 47.7 Å². The van der Waals surface area contributed by atoms with Crippen LogP contribution in [-0.4, -0.2) is 40.6 Å². The molecule has 2 aromatic carbocycles. The van der Waals surface area contributed by atoms with Crippen molar-refractivity contribution in [1.29, 1.82) is 0 Å². The molecule has 0 unspecified atom stereocenters. The molecule has 162 valence electrons. The average molecular weight is 446 g/mol. The summed E-state index contributed by atoms with van der Waals surface area (Å²) in [5.41, 5.74) is 3.32. The third-order valence-electron chi connectivity index (χ3n) is 5.83. The van der Waals surface area contributed by atoms with E-state index in [1.807, 2.05) is 59.5 Å². The van der Waals surface area contributed by atoms with Crippen LogP contribution in [-0.2, 0) is 6.54 Å². The Morgan fingerprint density at radius 3 is 2.47 bits per heavy atom. The van der Waals surface area contributed by atoms with Crippen LogP contribution >= 0.6 is 11.3 Å². The van der Waals surface area contributed by atoms with Gasteiger partial charge in [0, 0.05) is 23.5 Å². The van der Waals surface area contributed by atoms with Crippen molar-refractivity contribution in [3.05, 3.63) is 82.4 Å². The molecule has 0 atom stereocenters. The predicted octanol–water partition coefficient (Wildman–Crippen LogP) is 4.42. The number of methoxy groups -OCH3 is 1. The van der Waals surface area contributed by atoms with Gasteiger partial charge in [-0.25, -0.2) is 4.98 Å². The topological polar surface area (TPSA) is 64.4 Å². The zero-order chi connectivity index (χ0) is 22.1. The van der Waals surface area contributed by atoms with Gasteiger partial charge in [-0.3, -0.25) is 14.2 Å². The van der Waals surface area contributed by atoms with E-state index in [2.05, 4.69) is 4.98 Å². The van der Waals surface area contributed by atoms with Crippen LogP contribution in [0.4, 0.5) is 0 Å². The molecule has 7 heteroatoms. The summed E-state index contributed by atoms with van der Waals surface area (Å²) in [6, 6.07) is 17.2. The van der Waals surface area contributed by atoms with Crippen molar-refractivity contribution < 1.29 is 9.53 Å². The number of hydrogen-bond acceptors (Lipinski definition) is 5. The van der Waals surface area contributed by atoms with Gasteiger partial charge in [-0.2, -0.15) is 0 Å². The predicted molar refractivity (Wildman–Crippen MR) is 127 cm³/mol. The second-order valence-electron chi connectivity index (χ2n) is 7.93. The average Bonchev–Trinajstić information content (AvgIpc) is 3.52. The van der Waals surface area contributed by atoms with E-state index in [9.17, 15) is 9.59 Å². The van der Waals surface area contributed by atoms with Crippen LogP contribution in [0.5, 0.6) is 5.75 Å². The summed E-state index contributed by atoms with van der Waals surface area (Å²) < 4.78 is 7.48. The van der Waals surface area contributed by atoms with E-state index in [0.29, 0.717) is 22.3 Å². The molecule has 1 amide bonds. The minimum Gasteiger partial charge on any atom is -0.497 e. The van der Waals surface area contributed by atoms with Crippen LogP contribution in [0.25, 0.3) is 20.7 Å². The third-order valence-corrected chi connectivity index (χ3v) is 6.99. The summed E-state index contributed by atoms with van der Waals surface area (Å²) in [5.74, 6) is 0.877. The number of aromatic nitrogens is 2. The molecule has 3 heterocycles. The zero-order valence-electron chi connectivity index (χ0n) is 17.8. The van der Waals surface area contributed by atoms with Crippen molar-refractivity contribution in [2.45, 2.75) is 19.4 Å². The summed E-state index contributed by atoms with van der Waals surface area (Å²) in [6.45, 7) is 2.08. The van der Waals surface area contributed by atoms with Gasteiger partial charge in [-0.05, 0) is 66.4 Å². The van der Waals surface area contributed by atoms with Gasteiger partial charge in [0.1, 0.15) is 10.4 Å². The molecule has 0 spiro atoms. The Labute approximate surface area is 189 Å². The number of nitrogens with zero attached hydrogens (tertiary/aromatic N) is 3. The summed E-state index contributed by atoms with van der Waals surface area (Å²) in [6.07, 6.45) is 3.74. The Kier molecular flexibility index (Phi) is 5.49. The van der Waals surface area contributed by atoms with Crippen molar-refractivity contribution in [2.75, 3.05) is 20.2 Å². The van der Waals surface area contributed by atoms with Crippen molar-refractivity contribution in [3.8, 4) is 16.2 Å². The molecule has 1 aliphatic heterocycles. The number of ether oxygens (including phenoxy) is 1. The van der Waals surface area contributed by atoms with Crippen LogP contribution in [0.1, 0.15) is 28.8 Å². The lowest BCUT2D eigenvalue weighted by molar-refractivity contribution is 0.0793. The summed E-state index contributed by atoms with van der Waals surface area (Å²) in [7, 11) is 1.64. The Morgan fingerprint density at radius 2 is 1.78 bits per heavy atom. The fourth-order valence-electron chi connectivity index (χ4n) is 4.01. The highest BCUT2D eigenvalue weighted by Crippen LogP contribution is 2.31. The normalized spacial score (nSPS) is 13.6. The first-order valence-electron chi connectivity index (χ1n) is 10.6. The molecule has 5 rings (SSSR count). The molecule has 4 aromatic rings. The Bertz CT molecular complexity index is 1320. The number of likely N-dealkylation sites (tertiary alicyclic amines) is 1. The van der Waals surface area contributed by atoms with Crippen LogP contribution in [0.15, 0.2) is 65.7 Å². The molecule has 0 radical (unpaired) electrons. The molecule has 1 fully saturated rings. The minimum atomic E-state index is -0.0584. The van der Waals surface area contributed by atoms with Gasteiger partial charge < -0.3 is 9.64 Å². The molecule has 6 nitrogen and oxygen atoms in total. The molecule has 1 aliphatic rings. The molecule has 1 saturated heterocycles. The van der Waals surface area contributed by atoms with Gasteiger partial charge >= 0.3 is 0 Å². The lowest BCUT2D eigenvalue weighted by Gasteiger charge is -2.15. The highest BCUT2D eigenvalue weighted by Gasteiger charge is 2.19. The molecular formula is C25H23N3O3S. The highest BCUT2D eigenvalue weighted by atomic mass is 32.1. The number of amides is 1. The molecular weight excluding hydrogens is 422 g/mol. The molecule has 32 heavy (non-hydrogen) atoms. The highest BCUT2D eigenvalue weighted by molar-refractivity contribution is 7.22. The van der Waals surface area contributed by atoms with Crippen LogP contribution < -0.4 is 10.3 Å². The Hall–Kier alpha value is -3.45. The number of thiophene rings is 1. The number of carbonyl (C=O) groups excluding carboxylic acids is 1. The van der Waals surface area contributed by atoms with E-state index in [1.54, 1.807) is 18.0 Å². The number of benzene rings is 2. The van der Waals surface area contributed by atoms with Gasteiger partial charge in [0.2, 0.25) is 0 Å². The lowest BCUT2D eigenvalue weighted by atomic mass is 10.1. The van der Waals surface area contributed by atoms with Crippen molar-refractivity contribution >= 4 is 27.5 Å². The second kappa shape index (κ2) is 8.59. The number of fused-ring (bicyclic) bond motifs is 1. The summed E-state index contributed by atoms with van der Waals surface area (Å²) in [5, 5.41) is 0. The largest absolute Gasteiger partial charge is 0.497 e. The Morgan fingerprint density at radius 1 is 1.06 bits per heavy atom. The van der Waals surface area contributed by atoms with Crippen LogP contribution in [0.2, 0.25) is 0 Å². The first-order valence-corrected chi connectivity index (χ1v) is 11.5. The van der Waals surface area contributed by atoms with Crippen molar-refractivity contribution in [3.63, 3.8) is 0 Å². The van der Waals surface area contributed by atoms with Gasteiger partial charge in [0.05, 0.1) is 25.5 Å². The van der Waals surface area contributed by atoms with Crippen molar-refractivity contribution in [2.24, 2.45) is 0 Å². The maximum absolute atomic E-state index is 13.1. The SMILES string of the molecule is COc1ccc(-c2cc3ncn(Cc4ccc(C(=O)N5CCCC5)cc4)c(=O)c3s2)cc1. The third kappa shape index (κ3) is 3.91. The number of rotatable bonds is 5. The van der Waals surface area contributed by atoms with Gasteiger partial charge in [0.15, 0.2) is 0 Å². The first-order chi connectivity index (χ1) is 15.6. The molecule has 2 aromatic heterocycles. The van der Waals surface area contributed by atoms with E-state index < -0.39 is 0 Å². The maximum Gasteiger partial charge on any atom is 0.271 e. The maximum atomic E-state index is 13.1. The summed E-state index contributed by atoms with van der Waals surface area (Å²) in [4.78, 5) is 33.0. The van der Waals surface area contributed by atoms with Gasteiger partial charge in [-0.1, -0.05) is 12.1 Å². The zero-order valence-corrected chi connectivity index (χ0v) is 18.6. The van der Waals surface area contributed by atoms with E-state index in [-0.39, 0.29) is 11.5 Å². The molecule has 0 N–H and O–H groups in total. The van der Waals surface area contributed by atoms with Crippen LogP contribution in [0, 0.1) is 0 Å². The molecule has 0 aliphatic carbocycles. The molecule has 0 saturated carbocycles. The molecule has 0 bridgehead atoms. The van der Waals surface area contributed by atoms with Gasteiger partial charge in [-0.15, -0.1) is 11.3 Å². The fraction of sp³-hybridized carbons (Fsp3) is 0.240. The number of carbonyl (C=O) groups is 1. The smallest absolute Gasteiger partial charge is 0.271 e. The standard InChI is InChI=1S/C25H23N3O3S/c1-31-20-10-8-18(9-11-20)22-14-21-23(32-22)25(30)28(16-26-21)15-17-4-6-19(7-5-17)24(29)27-12-2-3-13-27/h4-11,14,16H,2-3,12-13,15H2,1H3. The second-order valence-corrected chi connectivity index (χ2v) is 8.98. The number of hydrogen-bond donors (Lipinski definition) is 0. The summed E-state index contributed by atoms with van der Waals surface area (Å²) >= 11 is 1.45. The minimum absolute atomic E-state index is 0.0584. The quantitative estimate of drug-likeness (QED) is 0.456. The Balaban J connectivity index is 1.38. The van der Waals surface area contributed by atoms with E-state index in [1.165, 1.54) is 11.3 Å².